The number of benzene rings is 1. The highest BCUT2D eigenvalue weighted by atomic mass is 16.5. The fourth-order valence-corrected chi connectivity index (χ4v) is 1.65. The molecule has 0 fully saturated rings. The molecule has 1 aromatic rings. The zero-order valence-corrected chi connectivity index (χ0v) is 10.3. The van der Waals surface area contributed by atoms with E-state index >= 15 is 0 Å². The van der Waals surface area contributed by atoms with E-state index < -0.39 is 0 Å². The van der Waals surface area contributed by atoms with Crippen molar-refractivity contribution in [1.29, 1.82) is 5.26 Å². The molecular weight excluding hydrogens is 200 g/mol. The number of anilines is 1. The minimum atomic E-state index is 0.00946. The first kappa shape index (κ1) is 12.4. The van der Waals surface area contributed by atoms with Crippen LogP contribution in [0.25, 0.3) is 0 Å². The van der Waals surface area contributed by atoms with Gasteiger partial charge >= 0.3 is 0 Å². The van der Waals surface area contributed by atoms with Gasteiger partial charge in [-0.05, 0) is 31.5 Å². The van der Waals surface area contributed by atoms with Crippen molar-refractivity contribution in [3.8, 4) is 11.8 Å². The summed E-state index contributed by atoms with van der Waals surface area (Å²) in [4.78, 5) is 2.06. The number of hydrogen-bond acceptors (Lipinski definition) is 3. The summed E-state index contributed by atoms with van der Waals surface area (Å²) >= 11 is 0. The predicted molar refractivity (Wildman–Crippen MR) is 65.8 cm³/mol. The number of rotatable bonds is 4. The Bertz CT molecular complexity index is 395. The minimum Gasteiger partial charge on any atom is -0.495 e. The number of hydrogen-bond donors (Lipinski definition) is 0. The van der Waals surface area contributed by atoms with Crippen molar-refractivity contribution in [2.24, 2.45) is 5.92 Å². The van der Waals surface area contributed by atoms with Crippen LogP contribution in [-0.4, -0.2) is 20.7 Å². The van der Waals surface area contributed by atoms with Crippen LogP contribution in [0.5, 0.6) is 5.75 Å². The van der Waals surface area contributed by atoms with E-state index in [-0.39, 0.29) is 5.92 Å². The van der Waals surface area contributed by atoms with Gasteiger partial charge in [-0.25, -0.2) is 0 Å². The summed E-state index contributed by atoms with van der Waals surface area (Å²) in [5.41, 5.74) is 2.22. The van der Waals surface area contributed by atoms with Gasteiger partial charge in [-0.15, -0.1) is 0 Å². The van der Waals surface area contributed by atoms with Crippen LogP contribution in [-0.2, 0) is 0 Å². The van der Waals surface area contributed by atoms with Gasteiger partial charge in [-0.2, -0.15) is 5.26 Å². The van der Waals surface area contributed by atoms with Crippen molar-refractivity contribution in [1.82, 2.24) is 0 Å². The first-order valence-electron chi connectivity index (χ1n) is 5.34. The topological polar surface area (TPSA) is 36.3 Å². The molecule has 0 saturated carbocycles. The molecule has 86 valence electrons. The third-order valence-corrected chi connectivity index (χ3v) is 2.51. The Balaban J connectivity index is 2.93. The molecule has 0 aromatic heterocycles. The van der Waals surface area contributed by atoms with Gasteiger partial charge in [0.2, 0.25) is 0 Å². The van der Waals surface area contributed by atoms with Crippen LogP contribution >= 0.6 is 0 Å². The Morgan fingerprint density at radius 3 is 2.75 bits per heavy atom. The number of aryl methyl sites for hydroxylation is 1. The lowest BCUT2D eigenvalue weighted by molar-refractivity contribution is 0.414. The van der Waals surface area contributed by atoms with Crippen LogP contribution in [0, 0.1) is 24.2 Å². The van der Waals surface area contributed by atoms with Crippen molar-refractivity contribution >= 4 is 5.69 Å². The molecule has 0 saturated heterocycles. The third kappa shape index (κ3) is 2.90. The SMILES string of the molecule is COc1ccc(C)cc1N(C)CC(C)C#N. The molecule has 1 rings (SSSR count). The van der Waals surface area contributed by atoms with Crippen molar-refractivity contribution in [3.05, 3.63) is 23.8 Å². The van der Waals surface area contributed by atoms with Gasteiger partial charge in [0.05, 0.1) is 24.8 Å². The van der Waals surface area contributed by atoms with E-state index in [1.807, 2.05) is 33.0 Å². The molecule has 16 heavy (non-hydrogen) atoms. The average Bonchev–Trinajstić information content (AvgIpc) is 2.28. The van der Waals surface area contributed by atoms with Crippen LogP contribution in [0.15, 0.2) is 18.2 Å². The molecule has 3 heteroatoms. The zero-order valence-electron chi connectivity index (χ0n) is 10.3. The highest BCUT2D eigenvalue weighted by Crippen LogP contribution is 2.28. The first-order chi connectivity index (χ1) is 7.58. The van der Waals surface area contributed by atoms with Crippen LogP contribution in [0.3, 0.4) is 0 Å². The van der Waals surface area contributed by atoms with Crippen LogP contribution in [0.1, 0.15) is 12.5 Å². The van der Waals surface area contributed by atoms with Gasteiger partial charge in [0.15, 0.2) is 0 Å². The molecule has 1 atom stereocenters. The summed E-state index contributed by atoms with van der Waals surface area (Å²) in [5, 5.41) is 8.80. The molecule has 0 aliphatic rings. The summed E-state index contributed by atoms with van der Waals surface area (Å²) in [5.74, 6) is 0.855. The Hall–Kier alpha value is -1.69. The summed E-state index contributed by atoms with van der Waals surface area (Å²) in [6, 6.07) is 8.28. The van der Waals surface area contributed by atoms with E-state index in [0.717, 1.165) is 11.4 Å². The third-order valence-electron chi connectivity index (χ3n) is 2.51. The van der Waals surface area contributed by atoms with Crippen molar-refractivity contribution in [2.75, 3.05) is 25.6 Å². The van der Waals surface area contributed by atoms with E-state index in [4.69, 9.17) is 10.00 Å². The Morgan fingerprint density at radius 1 is 1.50 bits per heavy atom. The Kier molecular flexibility index (Phi) is 4.19. The van der Waals surface area contributed by atoms with Gasteiger partial charge in [-0.3, -0.25) is 0 Å². The van der Waals surface area contributed by atoms with Gasteiger partial charge in [0.1, 0.15) is 5.75 Å². The molecule has 1 aromatic carbocycles. The fourth-order valence-electron chi connectivity index (χ4n) is 1.65. The van der Waals surface area contributed by atoms with E-state index in [2.05, 4.69) is 17.0 Å². The maximum absolute atomic E-state index is 8.80. The van der Waals surface area contributed by atoms with Gasteiger partial charge in [-0.1, -0.05) is 6.07 Å². The van der Waals surface area contributed by atoms with Crippen LogP contribution < -0.4 is 9.64 Å². The molecule has 0 aliphatic carbocycles. The number of nitriles is 1. The standard InChI is InChI=1S/C13H18N2O/c1-10-5-6-13(16-4)12(7-10)15(3)9-11(2)8-14/h5-7,11H,9H2,1-4H3. The summed E-state index contributed by atoms with van der Waals surface area (Å²) in [7, 11) is 3.64. The predicted octanol–water partition coefficient (Wildman–Crippen LogP) is 2.60. The maximum atomic E-state index is 8.80. The second-order valence-electron chi connectivity index (χ2n) is 4.09. The number of methoxy groups -OCH3 is 1. The largest absolute Gasteiger partial charge is 0.495 e. The highest BCUT2D eigenvalue weighted by Gasteiger charge is 2.11. The van der Waals surface area contributed by atoms with Crippen molar-refractivity contribution in [2.45, 2.75) is 13.8 Å². The molecule has 3 nitrogen and oxygen atoms in total. The quantitative estimate of drug-likeness (QED) is 0.779. The monoisotopic (exact) mass is 218 g/mol. The van der Waals surface area contributed by atoms with E-state index in [9.17, 15) is 0 Å². The Morgan fingerprint density at radius 2 is 2.19 bits per heavy atom. The maximum Gasteiger partial charge on any atom is 0.142 e. The van der Waals surface area contributed by atoms with E-state index in [1.165, 1.54) is 5.56 Å². The molecular formula is C13H18N2O. The van der Waals surface area contributed by atoms with Gasteiger partial charge in [0, 0.05) is 13.6 Å². The number of ether oxygens (including phenoxy) is 1. The van der Waals surface area contributed by atoms with E-state index in [0.29, 0.717) is 6.54 Å². The lowest BCUT2D eigenvalue weighted by atomic mass is 10.1. The summed E-state index contributed by atoms with van der Waals surface area (Å²) in [6.07, 6.45) is 0. The zero-order chi connectivity index (χ0) is 12.1. The lowest BCUT2D eigenvalue weighted by Crippen LogP contribution is -2.23. The second-order valence-corrected chi connectivity index (χ2v) is 4.09. The van der Waals surface area contributed by atoms with Gasteiger partial charge < -0.3 is 9.64 Å². The molecule has 0 amide bonds. The smallest absolute Gasteiger partial charge is 0.142 e. The molecule has 0 aliphatic heterocycles. The molecule has 0 bridgehead atoms. The van der Waals surface area contributed by atoms with E-state index in [1.54, 1.807) is 7.11 Å². The van der Waals surface area contributed by atoms with Crippen LogP contribution in [0.4, 0.5) is 5.69 Å². The lowest BCUT2D eigenvalue weighted by Gasteiger charge is -2.23. The van der Waals surface area contributed by atoms with Gasteiger partial charge in [0.25, 0.3) is 0 Å². The molecule has 0 N–H and O–H groups in total. The molecule has 0 spiro atoms. The Labute approximate surface area is 97.3 Å². The minimum absolute atomic E-state index is 0.00946. The molecule has 0 heterocycles. The summed E-state index contributed by atoms with van der Waals surface area (Å²) in [6.45, 7) is 4.67. The molecule has 1 unspecified atom stereocenters. The number of nitrogens with zero attached hydrogens (tertiary/aromatic N) is 2. The van der Waals surface area contributed by atoms with Crippen molar-refractivity contribution < 1.29 is 4.74 Å². The fraction of sp³-hybridized carbons (Fsp3) is 0.462. The molecule has 0 radical (unpaired) electrons. The van der Waals surface area contributed by atoms with Crippen molar-refractivity contribution in [3.63, 3.8) is 0 Å². The first-order valence-corrected chi connectivity index (χ1v) is 5.34. The second kappa shape index (κ2) is 5.41. The van der Waals surface area contributed by atoms with Crippen LogP contribution in [0.2, 0.25) is 0 Å². The average molecular weight is 218 g/mol. The summed E-state index contributed by atoms with van der Waals surface area (Å²) < 4.78 is 5.31. The highest BCUT2D eigenvalue weighted by molar-refractivity contribution is 5.59. The normalized spacial score (nSPS) is 11.7.